The fourth-order valence-corrected chi connectivity index (χ4v) is 2.50. The molecule has 0 fully saturated rings. The summed E-state index contributed by atoms with van der Waals surface area (Å²) < 4.78 is 8.09. The molecule has 102 valence electrons. The summed E-state index contributed by atoms with van der Waals surface area (Å²) >= 11 is 0. The van der Waals surface area contributed by atoms with Crippen LogP contribution in [0, 0.1) is 0 Å². The lowest BCUT2D eigenvalue weighted by atomic mass is 10.2. The van der Waals surface area contributed by atoms with E-state index in [-0.39, 0.29) is 0 Å². The van der Waals surface area contributed by atoms with Crippen molar-refractivity contribution in [2.45, 2.75) is 20.1 Å². The van der Waals surface area contributed by atoms with Crippen molar-refractivity contribution in [1.29, 1.82) is 0 Å². The minimum Gasteiger partial charge on any atom is -0.487 e. The highest BCUT2D eigenvalue weighted by Gasteiger charge is 2.08. The van der Waals surface area contributed by atoms with Crippen LogP contribution in [0.25, 0.3) is 10.9 Å². The van der Waals surface area contributed by atoms with Crippen molar-refractivity contribution in [3.05, 3.63) is 60.3 Å². The van der Waals surface area contributed by atoms with Gasteiger partial charge in [0.15, 0.2) is 0 Å². The van der Waals surface area contributed by atoms with Crippen LogP contribution in [0.5, 0.6) is 5.75 Å². The van der Waals surface area contributed by atoms with Crippen molar-refractivity contribution < 1.29 is 4.74 Å². The normalized spacial score (nSPS) is 10.8. The minimum absolute atomic E-state index is 0.562. The molecule has 1 aromatic heterocycles. The number of rotatable bonds is 4. The number of hydrogen-bond donors (Lipinski definition) is 1. The average molecular weight is 266 g/mol. The molecule has 2 N–H and O–H groups in total. The molecule has 0 unspecified atom stereocenters. The molecule has 0 aliphatic carbocycles. The fourth-order valence-electron chi connectivity index (χ4n) is 2.50. The molecule has 1 heterocycles. The first kappa shape index (κ1) is 12.6. The monoisotopic (exact) mass is 266 g/mol. The first-order chi connectivity index (χ1) is 9.78. The number of hydrogen-bond acceptors (Lipinski definition) is 2. The lowest BCUT2D eigenvalue weighted by Crippen LogP contribution is -2.04. The Labute approximate surface area is 118 Å². The number of benzene rings is 2. The van der Waals surface area contributed by atoms with Crippen LogP contribution in [0.1, 0.15) is 12.6 Å². The third kappa shape index (κ3) is 2.35. The molecule has 0 amide bonds. The largest absolute Gasteiger partial charge is 0.487 e. The summed E-state index contributed by atoms with van der Waals surface area (Å²) in [5.74, 6) is 0.889. The molecule has 2 aromatic carbocycles. The van der Waals surface area contributed by atoms with Gasteiger partial charge in [-0.25, -0.2) is 0 Å². The molecule has 0 radical (unpaired) electrons. The molecular weight excluding hydrogens is 248 g/mol. The smallest absolute Gasteiger partial charge is 0.128 e. The Balaban J connectivity index is 1.91. The average Bonchev–Trinajstić information content (AvgIpc) is 2.83. The van der Waals surface area contributed by atoms with Gasteiger partial charge in [-0.1, -0.05) is 24.3 Å². The van der Waals surface area contributed by atoms with Crippen LogP contribution in [-0.4, -0.2) is 4.57 Å². The molecule has 0 bridgehead atoms. The second-order valence-electron chi connectivity index (χ2n) is 4.80. The molecule has 0 spiro atoms. The predicted molar refractivity (Wildman–Crippen MR) is 82.8 cm³/mol. The number of nitrogens with zero attached hydrogens (tertiary/aromatic N) is 1. The molecule has 0 aliphatic heterocycles. The Kier molecular flexibility index (Phi) is 3.33. The standard InChI is InChI=1S/C17H18N2O/c1-2-19-15(12-20-16-6-4-3-5-7-16)10-13-8-9-14(18)11-17(13)19/h3-11H,2,12,18H2,1H3. The zero-order valence-electron chi connectivity index (χ0n) is 11.5. The molecule has 0 aliphatic rings. The summed E-state index contributed by atoms with van der Waals surface area (Å²) in [6.45, 7) is 3.60. The topological polar surface area (TPSA) is 40.2 Å². The van der Waals surface area contributed by atoms with E-state index in [1.54, 1.807) is 0 Å². The second kappa shape index (κ2) is 5.29. The number of aromatic nitrogens is 1. The van der Waals surface area contributed by atoms with E-state index in [4.69, 9.17) is 10.5 Å². The number of para-hydroxylation sites is 1. The summed E-state index contributed by atoms with van der Waals surface area (Å²) in [6.07, 6.45) is 0. The highest BCUT2D eigenvalue weighted by Crippen LogP contribution is 2.23. The summed E-state index contributed by atoms with van der Waals surface area (Å²) in [5, 5.41) is 1.20. The fraction of sp³-hybridized carbons (Fsp3) is 0.176. The zero-order chi connectivity index (χ0) is 13.9. The minimum atomic E-state index is 0.562. The van der Waals surface area contributed by atoms with Crippen LogP contribution in [0.15, 0.2) is 54.6 Å². The third-order valence-electron chi connectivity index (χ3n) is 3.46. The zero-order valence-corrected chi connectivity index (χ0v) is 11.5. The molecular formula is C17H18N2O. The van der Waals surface area contributed by atoms with Gasteiger partial charge in [-0.05, 0) is 37.3 Å². The van der Waals surface area contributed by atoms with Gasteiger partial charge in [-0.3, -0.25) is 0 Å². The number of nitrogens with two attached hydrogens (primary N) is 1. The lowest BCUT2D eigenvalue weighted by molar-refractivity contribution is 0.296. The quantitative estimate of drug-likeness (QED) is 0.729. The van der Waals surface area contributed by atoms with Crippen molar-refractivity contribution in [2.75, 3.05) is 5.73 Å². The highest BCUT2D eigenvalue weighted by atomic mass is 16.5. The van der Waals surface area contributed by atoms with E-state index < -0.39 is 0 Å². The molecule has 3 rings (SSSR count). The molecule has 0 saturated carbocycles. The van der Waals surface area contributed by atoms with Gasteiger partial charge >= 0.3 is 0 Å². The maximum absolute atomic E-state index is 5.88. The summed E-state index contributed by atoms with van der Waals surface area (Å²) in [6, 6.07) is 18.1. The van der Waals surface area contributed by atoms with E-state index in [2.05, 4.69) is 23.6 Å². The van der Waals surface area contributed by atoms with Gasteiger partial charge in [0.05, 0.1) is 11.2 Å². The Morgan fingerprint density at radius 3 is 2.60 bits per heavy atom. The number of nitrogen functional groups attached to an aromatic ring is 1. The van der Waals surface area contributed by atoms with Gasteiger partial charge in [0.25, 0.3) is 0 Å². The first-order valence-electron chi connectivity index (χ1n) is 6.83. The maximum Gasteiger partial charge on any atom is 0.128 e. The van der Waals surface area contributed by atoms with Crippen molar-refractivity contribution in [2.24, 2.45) is 0 Å². The summed E-state index contributed by atoms with van der Waals surface area (Å²) in [4.78, 5) is 0. The summed E-state index contributed by atoms with van der Waals surface area (Å²) in [7, 11) is 0. The van der Waals surface area contributed by atoms with Crippen LogP contribution in [-0.2, 0) is 13.2 Å². The van der Waals surface area contributed by atoms with E-state index in [0.29, 0.717) is 6.61 Å². The number of anilines is 1. The van der Waals surface area contributed by atoms with Gasteiger partial charge in [0.2, 0.25) is 0 Å². The summed E-state index contributed by atoms with van der Waals surface area (Å²) in [5.41, 5.74) is 9.00. The SMILES string of the molecule is CCn1c(COc2ccccc2)cc2ccc(N)cc21. The van der Waals surface area contributed by atoms with Gasteiger partial charge in [0, 0.05) is 17.6 Å². The molecule has 0 saturated heterocycles. The van der Waals surface area contributed by atoms with Crippen LogP contribution >= 0.6 is 0 Å². The number of aryl methyl sites for hydroxylation is 1. The van der Waals surface area contributed by atoms with Crippen molar-refractivity contribution in [3.63, 3.8) is 0 Å². The van der Waals surface area contributed by atoms with Crippen LogP contribution in [0.2, 0.25) is 0 Å². The number of fused-ring (bicyclic) bond motifs is 1. The third-order valence-corrected chi connectivity index (χ3v) is 3.46. The molecule has 3 heteroatoms. The highest BCUT2D eigenvalue weighted by molar-refractivity contribution is 5.84. The Bertz CT molecular complexity index is 716. The Morgan fingerprint density at radius 2 is 1.85 bits per heavy atom. The van der Waals surface area contributed by atoms with E-state index in [0.717, 1.165) is 23.7 Å². The molecule has 20 heavy (non-hydrogen) atoms. The van der Waals surface area contributed by atoms with Gasteiger partial charge < -0.3 is 15.0 Å². The van der Waals surface area contributed by atoms with E-state index in [1.165, 1.54) is 10.9 Å². The maximum atomic E-state index is 5.88. The van der Waals surface area contributed by atoms with E-state index >= 15 is 0 Å². The molecule has 3 aromatic rings. The van der Waals surface area contributed by atoms with Crippen molar-refractivity contribution >= 4 is 16.6 Å². The van der Waals surface area contributed by atoms with E-state index in [1.807, 2.05) is 42.5 Å². The van der Waals surface area contributed by atoms with Crippen LogP contribution in [0.3, 0.4) is 0 Å². The van der Waals surface area contributed by atoms with Gasteiger partial charge in [-0.2, -0.15) is 0 Å². The Hall–Kier alpha value is -2.42. The second-order valence-corrected chi connectivity index (χ2v) is 4.80. The molecule has 0 atom stereocenters. The molecule has 3 nitrogen and oxygen atoms in total. The van der Waals surface area contributed by atoms with Crippen molar-refractivity contribution in [3.8, 4) is 5.75 Å². The number of ether oxygens (including phenoxy) is 1. The van der Waals surface area contributed by atoms with E-state index in [9.17, 15) is 0 Å². The lowest BCUT2D eigenvalue weighted by Gasteiger charge is -2.10. The van der Waals surface area contributed by atoms with Crippen molar-refractivity contribution in [1.82, 2.24) is 4.57 Å². The first-order valence-corrected chi connectivity index (χ1v) is 6.83. The Morgan fingerprint density at radius 1 is 1.05 bits per heavy atom. The van der Waals surface area contributed by atoms with Gasteiger partial charge in [0.1, 0.15) is 12.4 Å². The predicted octanol–water partition coefficient (Wildman–Crippen LogP) is 3.82. The van der Waals surface area contributed by atoms with Crippen LogP contribution < -0.4 is 10.5 Å². The van der Waals surface area contributed by atoms with Gasteiger partial charge in [-0.15, -0.1) is 0 Å². The van der Waals surface area contributed by atoms with Crippen LogP contribution in [0.4, 0.5) is 5.69 Å².